The van der Waals surface area contributed by atoms with Gasteiger partial charge in [-0.15, -0.1) is 0 Å². The second kappa shape index (κ2) is 12.4. The minimum absolute atomic E-state index is 0.134. The molecule has 1 heterocycles. The number of fused-ring (bicyclic) bond motifs is 14. The molecule has 12 rings (SSSR count). The van der Waals surface area contributed by atoms with Crippen LogP contribution in [0.2, 0.25) is 0 Å². The van der Waals surface area contributed by atoms with E-state index in [4.69, 9.17) is 0 Å². The van der Waals surface area contributed by atoms with E-state index in [9.17, 15) is 0 Å². The molecule has 9 aromatic carbocycles. The van der Waals surface area contributed by atoms with Gasteiger partial charge in [-0.2, -0.15) is 0 Å². The molecule has 3 aliphatic rings. The molecule has 0 N–H and O–H groups in total. The molecule has 58 heavy (non-hydrogen) atoms. The number of benzene rings is 9. The first-order chi connectivity index (χ1) is 28.5. The molecular weight excluding hydrogens is 719 g/mol. The quantitative estimate of drug-likeness (QED) is 0.176. The minimum atomic E-state index is -0.522. The molecule has 0 fully saturated rings. The smallest absolute Gasteiger partial charge is 0.0742 e. The zero-order valence-electron chi connectivity index (χ0n) is 32.4. The van der Waals surface area contributed by atoms with E-state index < -0.39 is 5.41 Å². The Morgan fingerprint density at radius 1 is 0.397 bits per heavy atom. The fourth-order valence-corrected chi connectivity index (χ4v) is 11.8. The average molecular weight is 758 g/mol. The van der Waals surface area contributed by atoms with E-state index in [0.29, 0.717) is 0 Å². The summed E-state index contributed by atoms with van der Waals surface area (Å²) in [5, 5.41) is 2.57. The number of anilines is 3. The third kappa shape index (κ3) is 4.55. The highest BCUT2D eigenvalue weighted by Crippen LogP contribution is 2.64. The summed E-state index contributed by atoms with van der Waals surface area (Å²) < 4.78 is 0. The standard InChI is InChI=1S/C56H39NS/c1-55(2)46-23-11-8-21-42(46)44-31-29-38(34-49(44)55)57(51-26-14-10-19-40(51)36-16-4-3-5-17-36)39-30-32-45-43-22-9-12-24-47(43)56(50(45)35-39)48-25-13-15-27-52(48)58-53-33-28-37-18-6-7-20-41(37)54(53)56/h3-35H,1-2H3. The number of hydrogen-bond donors (Lipinski definition) is 0. The van der Waals surface area contributed by atoms with Gasteiger partial charge in [0.25, 0.3) is 0 Å². The van der Waals surface area contributed by atoms with Gasteiger partial charge in [0.05, 0.1) is 11.1 Å². The Morgan fingerprint density at radius 2 is 0.966 bits per heavy atom. The molecule has 1 atom stereocenters. The molecule has 2 aliphatic carbocycles. The SMILES string of the molecule is CC1(C)c2ccccc2-c2ccc(N(c3ccc4c(c3)C3(c5ccccc5Sc5ccc6ccccc6c53)c3ccccc3-4)c3ccccc3-c3ccccc3)cc21. The van der Waals surface area contributed by atoms with Crippen molar-refractivity contribution < 1.29 is 0 Å². The lowest BCUT2D eigenvalue weighted by Crippen LogP contribution is -2.32. The maximum Gasteiger partial charge on any atom is 0.0742 e. The molecule has 2 heteroatoms. The van der Waals surface area contributed by atoms with E-state index in [1.54, 1.807) is 0 Å². The Kier molecular flexibility index (Phi) is 7.19. The molecule has 0 saturated carbocycles. The number of para-hydroxylation sites is 1. The molecule has 9 aromatic rings. The predicted octanol–water partition coefficient (Wildman–Crippen LogP) is 15.1. The summed E-state index contributed by atoms with van der Waals surface area (Å²) >= 11 is 1.91. The summed E-state index contributed by atoms with van der Waals surface area (Å²) in [6.07, 6.45) is 0. The Morgan fingerprint density at radius 3 is 1.76 bits per heavy atom. The molecule has 0 amide bonds. The minimum Gasteiger partial charge on any atom is -0.310 e. The van der Waals surface area contributed by atoms with Gasteiger partial charge in [-0.3, -0.25) is 0 Å². The van der Waals surface area contributed by atoms with Gasteiger partial charge in [0, 0.05) is 32.1 Å². The van der Waals surface area contributed by atoms with E-state index >= 15 is 0 Å². The first-order valence-corrected chi connectivity index (χ1v) is 21.1. The van der Waals surface area contributed by atoms with Crippen molar-refractivity contribution in [1.29, 1.82) is 0 Å². The van der Waals surface area contributed by atoms with Crippen molar-refractivity contribution in [2.45, 2.75) is 34.5 Å². The molecule has 1 aliphatic heterocycles. The van der Waals surface area contributed by atoms with Crippen LogP contribution >= 0.6 is 11.8 Å². The van der Waals surface area contributed by atoms with Crippen molar-refractivity contribution >= 4 is 39.6 Å². The molecule has 0 saturated heterocycles. The first-order valence-electron chi connectivity index (χ1n) is 20.3. The number of nitrogens with zero attached hydrogens (tertiary/aromatic N) is 1. The van der Waals surface area contributed by atoms with E-state index in [1.165, 1.54) is 87.3 Å². The molecule has 0 radical (unpaired) electrons. The van der Waals surface area contributed by atoms with Crippen LogP contribution in [0.25, 0.3) is 44.2 Å². The molecule has 1 unspecified atom stereocenters. The van der Waals surface area contributed by atoms with E-state index in [2.05, 4.69) is 219 Å². The second-order valence-electron chi connectivity index (χ2n) is 16.4. The Balaban J connectivity index is 1.17. The average Bonchev–Trinajstić information content (AvgIpc) is 3.69. The zero-order valence-corrected chi connectivity index (χ0v) is 33.2. The van der Waals surface area contributed by atoms with Crippen LogP contribution in [0.4, 0.5) is 17.1 Å². The van der Waals surface area contributed by atoms with Crippen molar-refractivity contribution in [2.75, 3.05) is 4.90 Å². The van der Waals surface area contributed by atoms with Crippen molar-refractivity contribution in [2.24, 2.45) is 0 Å². The Bertz CT molecular complexity index is 3140. The monoisotopic (exact) mass is 757 g/mol. The van der Waals surface area contributed by atoms with Gasteiger partial charge in [-0.25, -0.2) is 0 Å². The third-order valence-corrected chi connectivity index (χ3v) is 14.3. The molecule has 1 spiro atoms. The highest BCUT2D eigenvalue weighted by Gasteiger charge is 2.51. The second-order valence-corrected chi connectivity index (χ2v) is 17.5. The predicted molar refractivity (Wildman–Crippen MR) is 243 cm³/mol. The van der Waals surface area contributed by atoms with Crippen LogP contribution in [-0.4, -0.2) is 0 Å². The van der Waals surface area contributed by atoms with Crippen LogP contribution < -0.4 is 4.90 Å². The first kappa shape index (κ1) is 33.5. The zero-order chi connectivity index (χ0) is 38.6. The van der Waals surface area contributed by atoms with Gasteiger partial charge < -0.3 is 4.90 Å². The van der Waals surface area contributed by atoms with Crippen LogP contribution in [0.5, 0.6) is 0 Å². The maximum atomic E-state index is 2.53. The van der Waals surface area contributed by atoms with Gasteiger partial charge in [-0.1, -0.05) is 183 Å². The normalized spacial score (nSPS) is 16.2. The van der Waals surface area contributed by atoms with E-state index in [-0.39, 0.29) is 5.41 Å². The summed E-state index contributed by atoms with van der Waals surface area (Å²) in [5.41, 5.74) is 18.6. The largest absolute Gasteiger partial charge is 0.310 e. The van der Waals surface area contributed by atoms with Gasteiger partial charge in [0.1, 0.15) is 0 Å². The molecule has 1 nitrogen and oxygen atoms in total. The van der Waals surface area contributed by atoms with Crippen molar-refractivity contribution in [3.8, 4) is 33.4 Å². The summed E-state index contributed by atoms with van der Waals surface area (Å²) in [6.45, 7) is 4.75. The van der Waals surface area contributed by atoms with Crippen molar-refractivity contribution in [3.63, 3.8) is 0 Å². The fourth-order valence-electron chi connectivity index (χ4n) is 10.6. The van der Waals surface area contributed by atoms with Gasteiger partial charge in [0.15, 0.2) is 0 Å². The highest BCUT2D eigenvalue weighted by atomic mass is 32.2. The van der Waals surface area contributed by atoms with E-state index in [1.807, 2.05) is 11.8 Å². The third-order valence-electron chi connectivity index (χ3n) is 13.1. The van der Waals surface area contributed by atoms with Crippen molar-refractivity contribution in [3.05, 3.63) is 234 Å². The number of rotatable bonds is 4. The van der Waals surface area contributed by atoms with Crippen LogP contribution in [0.3, 0.4) is 0 Å². The molecular formula is C56H39NS. The van der Waals surface area contributed by atoms with Gasteiger partial charge in [-0.05, 0) is 114 Å². The summed E-state index contributed by atoms with van der Waals surface area (Å²) in [5.74, 6) is 0. The van der Waals surface area contributed by atoms with E-state index in [0.717, 1.165) is 17.1 Å². The van der Waals surface area contributed by atoms with Crippen LogP contribution in [0.15, 0.2) is 210 Å². The Hall–Kier alpha value is -6.61. The van der Waals surface area contributed by atoms with Crippen LogP contribution in [0.1, 0.15) is 47.2 Å². The van der Waals surface area contributed by atoms with Crippen molar-refractivity contribution in [1.82, 2.24) is 0 Å². The van der Waals surface area contributed by atoms with Crippen LogP contribution in [0, 0.1) is 0 Å². The van der Waals surface area contributed by atoms with Crippen LogP contribution in [-0.2, 0) is 10.8 Å². The lowest BCUT2D eigenvalue weighted by molar-refractivity contribution is 0.660. The molecule has 0 aromatic heterocycles. The summed E-state index contributed by atoms with van der Waals surface area (Å²) in [7, 11) is 0. The molecule has 0 bridgehead atoms. The Labute approximate surface area is 344 Å². The van der Waals surface area contributed by atoms with Gasteiger partial charge >= 0.3 is 0 Å². The number of hydrogen-bond acceptors (Lipinski definition) is 2. The highest BCUT2D eigenvalue weighted by molar-refractivity contribution is 7.99. The van der Waals surface area contributed by atoms with Gasteiger partial charge in [0.2, 0.25) is 0 Å². The maximum absolute atomic E-state index is 2.53. The summed E-state index contributed by atoms with van der Waals surface area (Å²) in [6, 6.07) is 75.0. The lowest BCUT2D eigenvalue weighted by Gasteiger charge is -2.41. The topological polar surface area (TPSA) is 3.24 Å². The fraction of sp³-hybridized carbons (Fsp3) is 0.0714. The summed E-state index contributed by atoms with van der Waals surface area (Å²) in [4.78, 5) is 5.15. The lowest BCUT2D eigenvalue weighted by atomic mass is 9.66. The molecule has 274 valence electrons.